The molecular weight excluding hydrogens is 238 g/mol. The first-order valence-electron chi connectivity index (χ1n) is 7.40. The second-order valence-corrected chi connectivity index (χ2v) is 6.39. The zero-order chi connectivity index (χ0) is 13.9. The van der Waals surface area contributed by atoms with Crippen molar-refractivity contribution in [1.29, 1.82) is 0 Å². The maximum atomic E-state index is 9.50. The largest absolute Gasteiger partial charge is 0.466 e. The molecule has 1 N–H and O–H groups in total. The number of aryl methyl sites for hydroxylation is 1. The van der Waals surface area contributed by atoms with Crippen molar-refractivity contribution in [3.8, 4) is 0 Å². The van der Waals surface area contributed by atoms with Crippen LogP contribution in [0.25, 0.3) is 0 Å². The highest BCUT2D eigenvalue weighted by atomic mass is 16.3. The van der Waals surface area contributed by atoms with Crippen LogP contribution in [0.5, 0.6) is 0 Å². The standard InChI is InChI=1S/C16H27NO2/c1-13(15-6-5-14(2)19-15)7-10-17(3)11-16(12-18)8-4-9-16/h5-6,13,18H,4,7-12H2,1-3H3/t13-/m0/s1. The summed E-state index contributed by atoms with van der Waals surface area (Å²) >= 11 is 0. The van der Waals surface area contributed by atoms with Crippen molar-refractivity contribution >= 4 is 0 Å². The van der Waals surface area contributed by atoms with Gasteiger partial charge in [0, 0.05) is 24.5 Å². The molecular formula is C16H27NO2. The van der Waals surface area contributed by atoms with Crippen molar-refractivity contribution in [2.45, 2.75) is 45.4 Å². The molecule has 1 aliphatic rings. The fraction of sp³-hybridized carbons (Fsp3) is 0.750. The van der Waals surface area contributed by atoms with Crippen LogP contribution in [0.15, 0.2) is 16.5 Å². The van der Waals surface area contributed by atoms with E-state index in [0.717, 1.165) is 31.0 Å². The van der Waals surface area contributed by atoms with Crippen molar-refractivity contribution in [2.24, 2.45) is 5.41 Å². The lowest BCUT2D eigenvalue weighted by atomic mass is 9.69. The van der Waals surface area contributed by atoms with Crippen LogP contribution in [0.3, 0.4) is 0 Å². The molecule has 1 aliphatic carbocycles. The molecule has 3 nitrogen and oxygen atoms in total. The van der Waals surface area contributed by atoms with Crippen LogP contribution in [0.4, 0.5) is 0 Å². The molecule has 1 fully saturated rings. The van der Waals surface area contributed by atoms with Gasteiger partial charge in [0.05, 0.1) is 0 Å². The lowest BCUT2D eigenvalue weighted by molar-refractivity contribution is 0.0140. The highest BCUT2D eigenvalue weighted by Gasteiger charge is 2.37. The second kappa shape index (κ2) is 6.10. The van der Waals surface area contributed by atoms with Gasteiger partial charge >= 0.3 is 0 Å². The quantitative estimate of drug-likeness (QED) is 0.822. The fourth-order valence-electron chi connectivity index (χ4n) is 2.97. The van der Waals surface area contributed by atoms with Crippen molar-refractivity contribution in [2.75, 3.05) is 26.7 Å². The Bertz CT molecular complexity index is 390. The molecule has 0 aromatic carbocycles. The minimum atomic E-state index is 0.194. The lowest BCUT2D eigenvalue weighted by Crippen LogP contribution is -2.43. The summed E-state index contributed by atoms with van der Waals surface area (Å²) < 4.78 is 5.67. The third-order valence-corrected chi connectivity index (χ3v) is 4.55. The summed E-state index contributed by atoms with van der Waals surface area (Å²) in [6.07, 6.45) is 4.74. The molecule has 1 saturated carbocycles. The number of aliphatic hydroxyl groups is 1. The summed E-state index contributed by atoms with van der Waals surface area (Å²) in [5.41, 5.74) is 0.194. The Balaban J connectivity index is 1.75. The predicted molar refractivity (Wildman–Crippen MR) is 77.3 cm³/mol. The molecule has 108 valence electrons. The molecule has 0 spiro atoms. The van der Waals surface area contributed by atoms with E-state index in [1.54, 1.807) is 0 Å². The number of hydrogen-bond donors (Lipinski definition) is 1. The third kappa shape index (κ3) is 3.61. The fourth-order valence-corrected chi connectivity index (χ4v) is 2.97. The summed E-state index contributed by atoms with van der Waals surface area (Å²) in [4.78, 5) is 2.36. The van der Waals surface area contributed by atoms with E-state index >= 15 is 0 Å². The van der Waals surface area contributed by atoms with E-state index in [4.69, 9.17) is 4.42 Å². The van der Waals surface area contributed by atoms with Crippen molar-refractivity contribution < 1.29 is 9.52 Å². The van der Waals surface area contributed by atoms with E-state index in [1.807, 2.05) is 13.0 Å². The molecule has 0 amide bonds. The molecule has 0 bridgehead atoms. The number of nitrogens with zero attached hydrogens (tertiary/aromatic N) is 1. The van der Waals surface area contributed by atoms with Gasteiger partial charge in [-0.15, -0.1) is 0 Å². The van der Waals surface area contributed by atoms with Gasteiger partial charge in [0.1, 0.15) is 11.5 Å². The minimum Gasteiger partial charge on any atom is -0.466 e. The first-order chi connectivity index (χ1) is 9.04. The molecule has 1 heterocycles. The lowest BCUT2D eigenvalue weighted by Gasteiger charge is -2.43. The molecule has 3 heteroatoms. The Morgan fingerprint density at radius 1 is 1.42 bits per heavy atom. The number of rotatable bonds is 7. The monoisotopic (exact) mass is 265 g/mol. The molecule has 2 rings (SSSR count). The Morgan fingerprint density at radius 2 is 2.16 bits per heavy atom. The Labute approximate surface area is 116 Å². The topological polar surface area (TPSA) is 36.6 Å². The second-order valence-electron chi connectivity index (χ2n) is 6.39. The van der Waals surface area contributed by atoms with Gasteiger partial charge < -0.3 is 14.4 Å². The zero-order valence-corrected chi connectivity index (χ0v) is 12.5. The van der Waals surface area contributed by atoms with Gasteiger partial charge in [-0.3, -0.25) is 0 Å². The molecule has 1 atom stereocenters. The Hall–Kier alpha value is -0.800. The minimum absolute atomic E-state index is 0.194. The summed E-state index contributed by atoms with van der Waals surface area (Å²) in [7, 11) is 2.16. The zero-order valence-electron chi connectivity index (χ0n) is 12.5. The van der Waals surface area contributed by atoms with Crippen LogP contribution >= 0.6 is 0 Å². The number of furan rings is 1. The van der Waals surface area contributed by atoms with E-state index in [2.05, 4.69) is 24.9 Å². The van der Waals surface area contributed by atoms with Crippen LogP contribution in [0, 0.1) is 12.3 Å². The van der Waals surface area contributed by atoms with Gasteiger partial charge in [0.15, 0.2) is 0 Å². The third-order valence-electron chi connectivity index (χ3n) is 4.55. The van der Waals surface area contributed by atoms with E-state index in [-0.39, 0.29) is 5.41 Å². The highest BCUT2D eigenvalue weighted by molar-refractivity contribution is 5.09. The maximum Gasteiger partial charge on any atom is 0.107 e. The van der Waals surface area contributed by atoms with E-state index < -0.39 is 0 Å². The summed E-state index contributed by atoms with van der Waals surface area (Å²) in [6, 6.07) is 4.12. The molecule has 19 heavy (non-hydrogen) atoms. The summed E-state index contributed by atoms with van der Waals surface area (Å²) in [6.45, 7) is 6.63. The number of aliphatic hydroxyl groups excluding tert-OH is 1. The van der Waals surface area contributed by atoms with Gasteiger partial charge in [-0.05, 0) is 51.9 Å². The molecule has 1 aromatic rings. The molecule has 0 radical (unpaired) electrons. The average molecular weight is 265 g/mol. The number of hydrogen-bond acceptors (Lipinski definition) is 3. The smallest absolute Gasteiger partial charge is 0.107 e. The van der Waals surface area contributed by atoms with Gasteiger partial charge in [-0.25, -0.2) is 0 Å². The van der Waals surface area contributed by atoms with E-state index in [9.17, 15) is 5.11 Å². The first-order valence-corrected chi connectivity index (χ1v) is 7.40. The maximum absolute atomic E-state index is 9.50. The normalized spacial score (nSPS) is 19.4. The van der Waals surface area contributed by atoms with Gasteiger partial charge in [-0.1, -0.05) is 13.3 Å². The van der Waals surface area contributed by atoms with Crippen molar-refractivity contribution in [1.82, 2.24) is 4.90 Å². The van der Waals surface area contributed by atoms with Crippen LogP contribution < -0.4 is 0 Å². The summed E-state index contributed by atoms with van der Waals surface area (Å²) in [5.74, 6) is 2.54. The average Bonchev–Trinajstić information content (AvgIpc) is 2.77. The van der Waals surface area contributed by atoms with Gasteiger partial charge in [0.25, 0.3) is 0 Å². The molecule has 1 aromatic heterocycles. The van der Waals surface area contributed by atoms with Crippen LogP contribution in [0.1, 0.15) is 50.0 Å². The SMILES string of the molecule is Cc1ccc([C@@H](C)CCN(C)CC2(CO)CCC2)o1. The Morgan fingerprint density at radius 3 is 2.63 bits per heavy atom. The predicted octanol–water partition coefficient (Wildman–Crippen LogP) is 3.18. The molecule has 0 unspecified atom stereocenters. The van der Waals surface area contributed by atoms with Crippen LogP contribution in [0.2, 0.25) is 0 Å². The van der Waals surface area contributed by atoms with Crippen molar-refractivity contribution in [3.63, 3.8) is 0 Å². The summed E-state index contributed by atoms with van der Waals surface area (Å²) in [5, 5.41) is 9.50. The van der Waals surface area contributed by atoms with Crippen LogP contribution in [-0.4, -0.2) is 36.8 Å². The van der Waals surface area contributed by atoms with E-state index in [0.29, 0.717) is 12.5 Å². The van der Waals surface area contributed by atoms with Crippen LogP contribution in [-0.2, 0) is 0 Å². The molecule has 0 saturated heterocycles. The van der Waals surface area contributed by atoms with Gasteiger partial charge in [0.2, 0.25) is 0 Å². The van der Waals surface area contributed by atoms with E-state index in [1.165, 1.54) is 19.3 Å². The first kappa shape index (κ1) is 14.6. The highest BCUT2D eigenvalue weighted by Crippen LogP contribution is 2.40. The Kier molecular flexibility index (Phi) is 4.69. The molecule has 0 aliphatic heterocycles. The van der Waals surface area contributed by atoms with Crippen molar-refractivity contribution in [3.05, 3.63) is 23.7 Å². The van der Waals surface area contributed by atoms with Gasteiger partial charge in [-0.2, -0.15) is 0 Å².